The zero-order valence-corrected chi connectivity index (χ0v) is 12.4. The standard InChI is InChI=1S/C15H18N2O2S/c1-17(9-13-6-7-20-11-13)15(18)16-14-5-3-4-12(8-14)10-19-2/h3-8,11H,9-10H2,1-2H3,(H,16,18). The molecule has 0 aliphatic heterocycles. The van der Waals surface area contributed by atoms with Gasteiger partial charge in [0.25, 0.3) is 0 Å². The predicted molar refractivity (Wildman–Crippen MR) is 82.0 cm³/mol. The molecule has 4 nitrogen and oxygen atoms in total. The smallest absolute Gasteiger partial charge is 0.321 e. The number of thiophene rings is 1. The Morgan fingerprint density at radius 3 is 2.90 bits per heavy atom. The van der Waals surface area contributed by atoms with Crippen LogP contribution < -0.4 is 5.32 Å². The summed E-state index contributed by atoms with van der Waals surface area (Å²) >= 11 is 1.63. The van der Waals surface area contributed by atoms with E-state index in [2.05, 4.69) is 5.32 Å². The lowest BCUT2D eigenvalue weighted by atomic mass is 10.2. The molecule has 0 aliphatic carbocycles. The second-order valence-electron chi connectivity index (χ2n) is 4.55. The number of rotatable bonds is 5. The maximum Gasteiger partial charge on any atom is 0.321 e. The van der Waals surface area contributed by atoms with Gasteiger partial charge in [0, 0.05) is 26.4 Å². The third-order valence-electron chi connectivity index (χ3n) is 2.84. The summed E-state index contributed by atoms with van der Waals surface area (Å²) in [6, 6.07) is 9.56. The number of carbonyl (C=O) groups is 1. The molecule has 0 atom stereocenters. The van der Waals surface area contributed by atoms with E-state index in [0.29, 0.717) is 13.2 Å². The minimum Gasteiger partial charge on any atom is -0.380 e. The lowest BCUT2D eigenvalue weighted by Gasteiger charge is -2.17. The van der Waals surface area contributed by atoms with E-state index in [0.717, 1.165) is 16.8 Å². The number of hydrogen-bond acceptors (Lipinski definition) is 3. The molecule has 20 heavy (non-hydrogen) atoms. The van der Waals surface area contributed by atoms with Gasteiger partial charge in [0.1, 0.15) is 0 Å². The van der Waals surface area contributed by atoms with Gasteiger partial charge < -0.3 is 15.0 Å². The predicted octanol–water partition coefficient (Wildman–Crippen LogP) is 3.56. The highest BCUT2D eigenvalue weighted by atomic mass is 32.1. The van der Waals surface area contributed by atoms with E-state index in [1.54, 1.807) is 30.4 Å². The van der Waals surface area contributed by atoms with Gasteiger partial charge in [0.05, 0.1) is 6.61 Å². The molecular weight excluding hydrogens is 272 g/mol. The zero-order valence-electron chi connectivity index (χ0n) is 11.6. The second-order valence-corrected chi connectivity index (χ2v) is 5.33. The molecule has 0 aliphatic rings. The van der Waals surface area contributed by atoms with Crippen LogP contribution in [0.25, 0.3) is 0 Å². The van der Waals surface area contributed by atoms with Gasteiger partial charge in [0.15, 0.2) is 0 Å². The minimum absolute atomic E-state index is 0.120. The third kappa shape index (κ3) is 4.08. The van der Waals surface area contributed by atoms with Gasteiger partial charge in [-0.15, -0.1) is 0 Å². The summed E-state index contributed by atoms with van der Waals surface area (Å²) in [7, 11) is 3.44. The van der Waals surface area contributed by atoms with Crippen molar-refractivity contribution in [3.05, 3.63) is 52.2 Å². The number of nitrogens with one attached hydrogen (secondary N) is 1. The number of benzene rings is 1. The summed E-state index contributed by atoms with van der Waals surface area (Å²) in [5.41, 5.74) is 2.95. The molecule has 1 N–H and O–H groups in total. The van der Waals surface area contributed by atoms with E-state index < -0.39 is 0 Å². The van der Waals surface area contributed by atoms with Gasteiger partial charge in [-0.1, -0.05) is 12.1 Å². The van der Waals surface area contributed by atoms with Crippen LogP contribution in [-0.2, 0) is 17.9 Å². The first-order chi connectivity index (χ1) is 9.69. The largest absolute Gasteiger partial charge is 0.380 e. The monoisotopic (exact) mass is 290 g/mol. The van der Waals surface area contributed by atoms with E-state index in [1.165, 1.54) is 0 Å². The third-order valence-corrected chi connectivity index (χ3v) is 3.57. The average molecular weight is 290 g/mol. The number of methoxy groups -OCH3 is 1. The Bertz CT molecular complexity index is 555. The second kappa shape index (κ2) is 7.07. The van der Waals surface area contributed by atoms with E-state index in [9.17, 15) is 4.79 Å². The van der Waals surface area contributed by atoms with Gasteiger partial charge in [-0.25, -0.2) is 4.79 Å². The number of amides is 2. The quantitative estimate of drug-likeness (QED) is 0.915. The fourth-order valence-corrected chi connectivity index (χ4v) is 2.51. The van der Waals surface area contributed by atoms with Crippen LogP contribution in [0.5, 0.6) is 0 Å². The molecule has 2 aromatic rings. The summed E-state index contributed by atoms with van der Waals surface area (Å²) in [6.45, 7) is 1.14. The van der Waals surface area contributed by atoms with Crippen molar-refractivity contribution in [2.24, 2.45) is 0 Å². The molecule has 2 rings (SSSR count). The molecule has 5 heteroatoms. The maximum atomic E-state index is 12.1. The molecular formula is C15H18N2O2S. The Hall–Kier alpha value is -1.85. The highest BCUT2D eigenvalue weighted by Gasteiger charge is 2.09. The maximum absolute atomic E-state index is 12.1. The highest BCUT2D eigenvalue weighted by Crippen LogP contribution is 2.13. The summed E-state index contributed by atoms with van der Waals surface area (Å²) in [5, 5.41) is 6.94. The van der Waals surface area contributed by atoms with Crippen LogP contribution in [0, 0.1) is 0 Å². The van der Waals surface area contributed by atoms with Crippen molar-refractivity contribution < 1.29 is 9.53 Å². The normalized spacial score (nSPS) is 10.3. The van der Waals surface area contributed by atoms with Crippen molar-refractivity contribution in [1.82, 2.24) is 4.90 Å². The Morgan fingerprint density at radius 2 is 2.20 bits per heavy atom. The fraction of sp³-hybridized carbons (Fsp3) is 0.267. The first-order valence-electron chi connectivity index (χ1n) is 6.30. The van der Waals surface area contributed by atoms with Crippen LogP contribution in [0.4, 0.5) is 10.5 Å². The van der Waals surface area contributed by atoms with Crippen LogP contribution in [0.1, 0.15) is 11.1 Å². The molecule has 1 aromatic heterocycles. The van der Waals surface area contributed by atoms with Crippen LogP contribution in [0.15, 0.2) is 41.1 Å². The number of anilines is 1. The van der Waals surface area contributed by atoms with E-state index >= 15 is 0 Å². The van der Waals surface area contributed by atoms with Crippen LogP contribution in [-0.4, -0.2) is 25.1 Å². The molecule has 0 radical (unpaired) electrons. The first-order valence-corrected chi connectivity index (χ1v) is 7.24. The Balaban J connectivity index is 1.94. The number of ether oxygens (including phenoxy) is 1. The number of urea groups is 1. The van der Waals surface area contributed by atoms with E-state index in [4.69, 9.17) is 4.74 Å². The molecule has 0 saturated carbocycles. The number of nitrogens with zero attached hydrogens (tertiary/aromatic N) is 1. The fourth-order valence-electron chi connectivity index (χ4n) is 1.85. The molecule has 2 amide bonds. The molecule has 0 saturated heterocycles. The Labute approximate surface area is 123 Å². The SMILES string of the molecule is COCc1cccc(NC(=O)N(C)Cc2ccsc2)c1. The first kappa shape index (κ1) is 14.6. The van der Waals surface area contributed by atoms with Crippen LogP contribution in [0.2, 0.25) is 0 Å². The average Bonchev–Trinajstić information content (AvgIpc) is 2.92. The van der Waals surface area contributed by atoms with Crippen LogP contribution in [0.3, 0.4) is 0 Å². The lowest BCUT2D eigenvalue weighted by Crippen LogP contribution is -2.30. The van der Waals surface area contributed by atoms with Crippen molar-refractivity contribution in [2.75, 3.05) is 19.5 Å². The van der Waals surface area contributed by atoms with Gasteiger partial charge in [-0.3, -0.25) is 0 Å². The van der Waals surface area contributed by atoms with E-state index in [-0.39, 0.29) is 6.03 Å². The Morgan fingerprint density at radius 1 is 1.35 bits per heavy atom. The zero-order chi connectivity index (χ0) is 14.4. The summed E-state index contributed by atoms with van der Waals surface area (Å²) in [4.78, 5) is 13.8. The number of hydrogen-bond donors (Lipinski definition) is 1. The highest BCUT2D eigenvalue weighted by molar-refractivity contribution is 7.07. The molecule has 106 valence electrons. The van der Waals surface area contributed by atoms with Crippen molar-refractivity contribution >= 4 is 23.1 Å². The van der Waals surface area contributed by atoms with Crippen LogP contribution >= 0.6 is 11.3 Å². The summed E-state index contributed by atoms with van der Waals surface area (Å²) in [6.07, 6.45) is 0. The Kier molecular flexibility index (Phi) is 5.15. The van der Waals surface area contributed by atoms with Crippen molar-refractivity contribution in [3.8, 4) is 0 Å². The van der Waals surface area contributed by atoms with Gasteiger partial charge in [0.2, 0.25) is 0 Å². The molecule has 1 heterocycles. The summed E-state index contributed by atoms with van der Waals surface area (Å²) < 4.78 is 5.08. The van der Waals surface area contributed by atoms with Crippen molar-refractivity contribution in [3.63, 3.8) is 0 Å². The van der Waals surface area contributed by atoms with Gasteiger partial charge in [-0.2, -0.15) is 11.3 Å². The minimum atomic E-state index is -0.120. The van der Waals surface area contributed by atoms with Gasteiger partial charge in [-0.05, 0) is 40.1 Å². The molecule has 0 fully saturated rings. The molecule has 0 bridgehead atoms. The molecule has 0 spiro atoms. The summed E-state index contributed by atoms with van der Waals surface area (Å²) in [5.74, 6) is 0. The molecule has 1 aromatic carbocycles. The molecule has 0 unspecified atom stereocenters. The van der Waals surface area contributed by atoms with Gasteiger partial charge >= 0.3 is 6.03 Å². The van der Waals surface area contributed by atoms with E-state index in [1.807, 2.05) is 41.1 Å². The topological polar surface area (TPSA) is 41.6 Å². The van der Waals surface area contributed by atoms with Crippen molar-refractivity contribution in [2.45, 2.75) is 13.2 Å². The van der Waals surface area contributed by atoms with Crippen molar-refractivity contribution in [1.29, 1.82) is 0 Å². The lowest BCUT2D eigenvalue weighted by molar-refractivity contribution is 0.185. The number of carbonyl (C=O) groups excluding carboxylic acids is 1.